The third kappa shape index (κ3) is 4.81. The molecule has 2 aromatic heterocycles. The molecule has 0 saturated heterocycles. The van der Waals surface area contributed by atoms with Gasteiger partial charge in [-0.1, -0.05) is 81.3 Å². The first-order valence-electron chi connectivity index (χ1n) is 13.1. The van der Waals surface area contributed by atoms with E-state index in [1.54, 1.807) is 0 Å². The second-order valence-corrected chi connectivity index (χ2v) is 9.70. The summed E-state index contributed by atoms with van der Waals surface area (Å²) in [7, 11) is 0. The quantitative estimate of drug-likeness (QED) is 0.187. The van der Waals surface area contributed by atoms with E-state index >= 15 is 0 Å². The molecule has 0 N–H and O–H groups in total. The van der Waals surface area contributed by atoms with E-state index in [0.29, 0.717) is 5.82 Å². The van der Waals surface area contributed by atoms with Crippen LogP contribution in [-0.4, -0.2) is 15.0 Å². The number of aryl methyl sites for hydroxylation is 1. The van der Waals surface area contributed by atoms with Crippen LogP contribution >= 0.6 is 0 Å². The molecule has 0 unspecified atom stereocenters. The van der Waals surface area contributed by atoms with Crippen molar-refractivity contribution in [3.05, 3.63) is 89.7 Å². The van der Waals surface area contributed by atoms with Gasteiger partial charge in [0.1, 0.15) is 0 Å². The summed E-state index contributed by atoms with van der Waals surface area (Å²) >= 11 is 0. The largest absolute Gasteiger partial charge is 0.370 e. The second-order valence-electron chi connectivity index (χ2n) is 9.70. The van der Waals surface area contributed by atoms with Crippen LogP contribution in [0.25, 0.3) is 33.9 Å². The maximum Gasteiger partial charge on any atom is 0.161 e. The van der Waals surface area contributed by atoms with Crippen molar-refractivity contribution < 1.29 is 24.8 Å². The van der Waals surface area contributed by atoms with Crippen molar-refractivity contribution in [2.75, 3.05) is 0 Å². The molecule has 0 fully saturated rings. The third-order valence-electron chi connectivity index (χ3n) is 7.83. The first-order chi connectivity index (χ1) is 17.5. The van der Waals surface area contributed by atoms with Crippen molar-refractivity contribution in [3.63, 3.8) is 0 Å². The van der Waals surface area contributed by atoms with Crippen LogP contribution in [0.1, 0.15) is 70.2 Å². The van der Waals surface area contributed by atoms with Gasteiger partial charge >= 0.3 is 0 Å². The van der Waals surface area contributed by atoms with E-state index in [-0.39, 0.29) is 31.3 Å². The molecule has 3 heterocycles. The average Bonchev–Trinajstić information content (AvgIpc) is 3.23. The van der Waals surface area contributed by atoms with Crippen molar-refractivity contribution in [2.45, 2.75) is 71.5 Å². The van der Waals surface area contributed by atoms with Gasteiger partial charge < -0.3 is 9.72 Å². The van der Waals surface area contributed by atoms with Crippen LogP contribution < -0.4 is 0 Å². The number of hydrogen-bond donors (Lipinski definition) is 0. The number of hydrogen-bond acceptors (Lipinski definition) is 4. The second kappa shape index (κ2) is 10.9. The SMILES string of the molecule is CCC1(CC)OC(CC)(CC)c2cc(-c3ccc(-c4nc(C)cc(-c5ccccc5)n4)cn3)[c-]cc21.[Ir]. The third-order valence-corrected chi connectivity index (χ3v) is 7.83. The van der Waals surface area contributed by atoms with E-state index in [9.17, 15) is 0 Å². The van der Waals surface area contributed by atoms with Gasteiger partial charge in [0.25, 0.3) is 0 Å². The molecule has 0 amide bonds. The zero-order valence-electron chi connectivity index (χ0n) is 22.3. The molecule has 5 rings (SSSR count). The number of benzene rings is 2. The van der Waals surface area contributed by atoms with Crippen LogP contribution in [0.4, 0.5) is 0 Å². The predicted octanol–water partition coefficient (Wildman–Crippen LogP) is 8.04. The number of rotatable bonds is 7. The molecular formula is C32H34IrN3O-. The molecule has 0 saturated carbocycles. The normalized spacial score (nSPS) is 15.2. The van der Waals surface area contributed by atoms with Gasteiger partial charge in [-0.05, 0) is 44.4 Å². The molecular weight excluding hydrogens is 635 g/mol. The Morgan fingerprint density at radius 3 is 2.05 bits per heavy atom. The van der Waals surface area contributed by atoms with Gasteiger partial charge in [-0.15, -0.1) is 23.8 Å². The van der Waals surface area contributed by atoms with Crippen LogP contribution in [0.5, 0.6) is 0 Å². The standard InChI is InChI=1S/C32H34N3O.Ir/c1-6-31(7-2)26-17-15-24(20-27(26)32(8-3,9-4)36-31)28-18-16-25(21-33-28)30-34-22(5)19-29(35-30)23-13-11-10-12-14-23;/h10-14,16-21H,6-9H2,1-5H3;/q-1;. The van der Waals surface area contributed by atoms with Crippen molar-refractivity contribution in [2.24, 2.45) is 0 Å². The Bertz CT molecular complexity index is 1360. The van der Waals surface area contributed by atoms with E-state index in [2.05, 4.69) is 69.1 Å². The number of ether oxygens (including phenoxy) is 1. The summed E-state index contributed by atoms with van der Waals surface area (Å²) in [6.07, 6.45) is 5.68. The van der Waals surface area contributed by atoms with Crippen molar-refractivity contribution in [1.29, 1.82) is 0 Å². The zero-order chi connectivity index (χ0) is 25.3. The average molecular weight is 669 g/mol. The van der Waals surface area contributed by atoms with Crippen LogP contribution in [0, 0.1) is 13.0 Å². The minimum atomic E-state index is -0.256. The van der Waals surface area contributed by atoms with Crippen LogP contribution in [0.3, 0.4) is 0 Å². The topological polar surface area (TPSA) is 47.9 Å². The summed E-state index contributed by atoms with van der Waals surface area (Å²) in [5.41, 5.74) is 7.81. The first-order valence-corrected chi connectivity index (χ1v) is 13.1. The molecule has 5 heteroatoms. The molecule has 1 aliphatic heterocycles. The molecule has 193 valence electrons. The monoisotopic (exact) mass is 669 g/mol. The van der Waals surface area contributed by atoms with E-state index in [4.69, 9.17) is 14.7 Å². The fraction of sp³-hybridized carbons (Fsp3) is 0.344. The molecule has 4 nitrogen and oxygen atoms in total. The van der Waals surface area contributed by atoms with Gasteiger partial charge in [0, 0.05) is 43.1 Å². The molecule has 4 aromatic rings. The molecule has 1 aliphatic rings. The maximum atomic E-state index is 6.87. The number of aromatic nitrogens is 3. The van der Waals surface area contributed by atoms with Gasteiger partial charge in [-0.2, -0.15) is 0 Å². The maximum absolute atomic E-state index is 6.87. The molecule has 0 atom stereocenters. The Morgan fingerprint density at radius 2 is 1.43 bits per heavy atom. The van der Waals surface area contributed by atoms with Gasteiger partial charge in [0.2, 0.25) is 0 Å². The van der Waals surface area contributed by atoms with Crippen LogP contribution in [0.2, 0.25) is 0 Å². The minimum absolute atomic E-state index is 0. The van der Waals surface area contributed by atoms with Gasteiger partial charge in [-0.25, -0.2) is 9.97 Å². The van der Waals surface area contributed by atoms with E-state index in [0.717, 1.165) is 59.5 Å². The number of nitrogens with zero attached hydrogens (tertiary/aromatic N) is 3. The Kier molecular flexibility index (Phi) is 8.08. The molecule has 2 aromatic carbocycles. The van der Waals surface area contributed by atoms with E-state index < -0.39 is 0 Å². The summed E-state index contributed by atoms with van der Waals surface area (Å²) in [4.78, 5) is 14.3. The fourth-order valence-electron chi connectivity index (χ4n) is 5.57. The zero-order valence-corrected chi connectivity index (χ0v) is 24.7. The van der Waals surface area contributed by atoms with Gasteiger partial charge in [-0.3, -0.25) is 0 Å². The fourth-order valence-corrected chi connectivity index (χ4v) is 5.57. The molecule has 0 bridgehead atoms. The Labute approximate surface area is 234 Å². The van der Waals surface area contributed by atoms with Crippen LogP contribution in [-0.2, 0) is 36.0 Å². The summed E-state index contributed by atoms with van der Waals surface area (Å²) in [5, 5.41) is 0. The van der Waals surface area contributed by atoms with Crippen molar-refractivity contribution >= 4 is 0 Å². The predicted molar refractivity (Wildman–Crippen MR) is 145 cm³/mol. The van der Waals surface area contributed by atoms with Gasteiger partial charge in [0.15, 0.2) is 5.82 Å². The smallest absolute Gasteiger partial charge is 0.161 e. The van der Waals surface area contributed by atoms with E-state index in [1.807, 2.05) is 43.5 Å². The number of pyridine rings is 1. The Morgan fingerprint density at radius 1 is 0.757 bits per heavy atom. The molecule has 1 radical (unpaired) electrons. The van der Waals surface area contributed by atoms with Crippen LogP contribution in [0.15, 0.2) is 66.9 Å². The number of fused-ring (bicyclic) bond motifs is 1. The molecule has 37 heavy (non-hydrogen) atoms. The Balaban J connectivity index is 0.00000320. The minimum Gasteiger partial charge on any atom is -0.370 e. The van der Waals surface area contributed by atoms with Gasteiger partial charge in [0.05, 0.1) is 16.9 Å². The Hall–Kier alpha value is -2.72. The summed E-state index contributed by atoms with van der Waals surface area (Å²) in [6, 6.07) is 24.2. The summed E-state index contributed by atoms with van der Waals surface area (Å²) in [6.45, 7) is 10.9. The van der Waals surface area contributed by atoms with E-state index in [1.165, 1.54) is 11.1 Å². The molecule has 0 spiro atoms. The molecule has 0 aliphatic carbocycles. The van der Waals surface area contributed by atoms with Crippen molar-refractivity contribution in [3.8, 4) is 33.9 Å². The first kappa shape index (κ1) is 27.3. The summed E-state index contributed by atoms with van der Waals surface area (Å²) < 4.78 is 6.87. The van der Waals surface area contributed by atoms with Crippen molar-refractivity contribution in [1.82, 2.24) is 15.0 Å². The summed E-state index contributed by atoms with van der Waals surface area (Å²) in [5.74, 6) is 0.686.